The molecule has 3 aromatic rings. The molecule has 0 bridgehead atoms. The lowest BCUT2D eigenvalue weighted by Crippen LogP contribution is -2.21. The molecule has 0 radical (unpaired) electrons. The molecular formula is C13H7BrN4O3. The number of rotatable bonds is 2. The number of benzene rings is 1. The van der Waals surface area contributed by atoms with Gasteiger partial charge in [0.25, 0.3) is 11.2 Å². The monoisotopic (exact) mass is 346 g/mol. The highest BCUT2D eigenvalue weighted by Gasteiger charge is 2.10. The van der Waals surface area contributed by atoms with E-state index in [-0.39, 0.29) is 17.1 Å². The standard InChI is InChI=1S/C13H7BrN4O3/c14-9-1-3-11-8(5-9)6-16-17(13(11)19)12-4-2-10(7-15-12)18(20)21/h1-7H. The van der Waals surface area contributed by atoms with Crippen LogP contribution in [-0.2, 0) is 0 Å². The number of nitro groups is 1. The van der Waals surface area contributed by atoms with Gasteiger partial charge in [0.15, 0.2) is 5.82 Å². The summed E-state index contributed by atoms with van der Waals surface area (Å²) < 4.78 is 1.96. The summed E-state index contributed by atoms with van der Waals surface area (Å²) in [4.78, 5) is 26.3. The van der Waals surface area contributed by atoms with Gasteiger partial charge >= 0.3 is 0 Å². The first-order valence-corrected chi connectivity index (χ1v) is 6.64. The van der Waals surface area contributed by atoms with Crippen molar-refractivity contribution < 1.29 is 4.92 Å². The molecule has 0 spiro atoms. The molecule has 0 aliphatic rings. The summed E-state index contributed by atoms with van der Waals surface area (Å²) in [6.45, 7) is 0. The quantitative estimate of drug-likeness (QED) is 0.525. The van der Waals surface area contributed by atoms with E-state index < -0.39 is 4.92 Å². The lowest BCUT2D eigenvalue weighted by atomic mass is 10.2. The summed E-state index contributed by atoms with van der Waals surface area (Å²) in [5, 5.41) is 15.8. The van der Waals surface area contributed by atoms with E-state index in [1.54, 1.807) is 24.4 Å². The van der Waals surface area contributed by atoms with Crippen LogP contribution in [0.4, 0.5) is 5.69 Å². The van der Waals surface area contributed by atoms with Gasteiger partial charge in [-0.15, -0.1) is 0 Å². The second-order valence-corrected chi connectivity index (χ2v) is 5.14. The van der Waals surface area contributed by atoms with Crippen LogP contribution in [0.15, 0.2) is 52.0 Å². The van der Waals surface area contributed by atoms with Crippen molar-refractivity contribution in [2.24, 2.45) is 0 Å². The van der Waals surface area contributed by atoms with Crippen molar-refractivity contribution in [2.45, 2.75) is 0 Å². The normalized spacial score (nSPS) is 10.7. The first-order valence-electron chi connectivity index (χ1n) is 5.85. The summed E-state index contributed by atoms with van der Waals surface area (Å²) in [5.74, 6) is 0.232. The summed E-state index contributed by atoms with van der Waals surface area (Å²) in [7, 11) is 0. The Morgan fingerprint density at radius 1 is 1.19 bits per heavy atom. The molecule has 2 heterocycles. The van der Waals surface area contributed by atoms with Gasteiger partial charge in [0.05, 0.1) is 16.5 Å². The van der Waals surface area contributed by atoms with Crippen LogP contribution in [0.5, 0.6) is 0 Å². The molecule has 2 aromatic heterocycles. The van der Waals surface area contributed by atoms with E-state index in [1.807, 2.05) is 0 Å². The summed E-state index contributed by atoms with van der Waals surface area (Å²) in [6, 6.07) is 7.90. The van der Waals surface area contributed by atoms with Crippen LogP contribution < -0.4 is 5.56 Å². The molecular weight excluding hydrogens is 340 g/mol. The third kappa shape index (κ3) is 2.40. The van der Waals surface area contributed by atoms with Gasteiger partial charge in [-0.05, 0) is 24.3 Å². The van der Waals surface area contributed by atoms with Crippen molar-refractivity contribution in [2.75, 3.05) is 0 Å². The molecule has 0 amide bonds. The number of fused-ring (bicyclic) bond motifs is 1. The Balaban J connectivity index is 2.16. The number of hydrogen-bond donors (Lipinski definition) is 0. The predicted molar refractivity (Wildman–Crippen MR) is 79.5 cm³/mol. The zero-order chi connectivity index (χ0) is 15.0. The van der Waals surface area contributed by atoms with E-state index in [4.69, 9.17) is 0 Å². The summed E-state index contributed by atoms with van der Waals surface area (Å²) >= 11 is 3.33. The third-order valence-corrected chi connectivity index (χ3v) is 3.40. The minimum absolute atomic E-state index is 0.142. The van der Waals surface area contributed by atoms with Crippen LogP contribution in [0.2, 0.25) is 0 Å². The molecule has 3 rings (SSSR count). The fraction of sp³-hybridized carbons (Fsp3) is 0. The van der Waals surface area contributed by atoms with Crippen molar-refractivity contribution in [1.29, 1.82) is 0 Å². The van der Waals surface area contributed by atoms with Gasteiger partial charge in [0.2, 0.25) is 0 Å². The molecule has 0 aliphatic heterocycles. The zero-order valence-corrected chi connectivity index (χ0v) is 12.0. The average molecular weight is 347 g/mol. The number of nitrogens with zero attached hydrogens (tertiary/aromatic N) is 4. The Labute approximate surface area is 126 Å². The third-order valence-electron chi connectivity index (χ3n) is 2.91. The van der Waals surface area contributed by atoms with Crippen LogP contribution in [0, 0.1) is 10.1 Å². The van der Waals surface area contributed by atoms with Gasteiger partial charge in [-0.3, -0.25) is 14.9 Å². The molecule has 0 unspecified atom stereocenters. The largest absolute Gasteiger partial charge is 0.287 e. The van der Waals surface area contributed by atoms with Gasteiger partial charge < -0.3 is 0 Å². The molecule has 104 valence electrons. The molecule has 1 aromatic carbocycles. The molecule has 7 nitrogen and oxygen atoms in total. The highest BCUT2D eigenvalue weighted by Crippen LogP contribution is 2.17. The Morgan fingerprint density at radius 3 is 2.67 bits per heavy atom. The maximum atomic E-state index is 12.4. The van der Waals surface area contributed by atoms with Crippen LogP contribution in [0.25, 0.3) is 16.6 Å². The minimum atomic E-state index is -0.551. The van der Waals surface area contributed by atoms with Crippen LogP contribution in [0.3, 0.4) is 0 Å². The second kappa shape index (κ2) is 5.06. The minimum Gasteiger partial charge on any atom is -0.267 e. The summed E-state index contributed by atoms with van der Waals surface area (Å²) in [6.07, 6.45) is 2.64. The van der Waals surface area contributed by atoms with Crippen LogP contribution in [0.1, 0.15) is 0 Å². The first kappa shape index (κ1) is 13.4. The highest BCUT2D eigenvalue weighted by atomic mass is 79.9. The van der Waals surface area contributed by atoms with Crippen LogP contribution in [-0.4, -0.2) is 19.7 Å². The number of halogens is 1. The fourth-order valence-corrected chi connectivity index (χ4v) is 2.28. The van der Waals surface area contributed by atoms with Crippen LogP contribution >= 0.6 is 15.9 Å². The molecule has 21 heavy (non-hydrogen) atoms. The molecule has 0 aliphatic carbocycles. The van der Waals surface area contributed by atoms with E-state index >= 15 is 0 Å². The van der Waals surface area contributed by atoms with Crippen molar-refractivity contribution in [3.63, 3.8) is 0 Å². The highest BCUT2D eigenvalue weighted by molar-refractivity contribution is 9.10. The zero-order valence-electron chi connectivity index (χ0n) is 10.4. The summed E-state index contributed by atoms with van der Waals surface area (Å²) in [5.41, 5.74) is -0.474. The Hall–Kier alpha value is -2.61. The first-order chi connectivity index (χ1) is 10.1. The number of hydrogen-bond acceptors (Lipinski definition) is 5. The topological polar surface area (TPSA) is 90.9 Å². The van der Waals surface area contributed by atoms with Gasteiger partial charge in [-0.25, -0.2) is 4.98 Å². The van der Waals surface area contributed by atoms with Crippen molar-refractivity contribution in [3.05, 3.63) is 67.7 Å². The lowest BCUT2D eigenvalue weighted by Gasteiger charge is -2.05. The van der Waals surface area contributed by atoms with Crippen molar-refractivity contribution in [3.8, 4) is 5.82 Å². The van der Waals surface area contributed by atoms with Gasteiger partial charge in [-0.1, -0.05) is 15.9 Å². The van der Waals surface area contributed by atoms with Gasteiger partial charge in [0, 0.05) is 15.9 Å². The predicted octanol–water partition coefficient (Wildman–Crippen LogP) is 2.45. The maximum Gasteiger partial charge on any atom is 0.287 e. The Bertz CT molecular complexity index is 905. The molecule has 0 N–H and O–H groups in total. The van der Waals surface area contributed by atoms with E-state index in [1.165, 1.54) is 12.1 Å². The SMILES string of the molecule is O=c1c2ccc(Br)cc2cnn1-c1ccc([N+](=O)[O-])cn1. The smallest absolute Gasteiger partial charge is 0.267 e. The van der Waals surface area contributed by atoms with E-state index in [9.17, 15) is 14.9 Å². The molecule has 0 atom stereocenters. The van der Waals surface area contributed by atoms with E-state index in [2.05, 4.69) is 26.0 Å². The van der Waals surface area contributed by atoms with E-state index in [0.29, 0.717) is 10.8 Å². The van der Waals surface area contributed by atoms with Crippen molar-refractivity contribution in [1.82, 2.24) is 14.8 Å². The number of aromatic nitrogens is 3. The average Bonchev–Trinajstić information content (AvgIpc) is 2.47. The fourth-order valence-electron chi connectivity index (χ4n) is 1.90. The van der Waals surface area contributed by atoms with Gasteiger partial charge in [-0.2, -0.15) is 9.78 Å². The Morgan fingerprint density at radius 2 is 2.00 bits per heavy atom. The van der Waals surface area contributed by atoms with Gasteiger partial charge in [0.1, 0.15) is 6.20 Å². The number of pyridine rings is 1. The molecule has 0 saturated heterocycles. The lowest BCUT2D eigenvalue weighted by molar-refractivity contribution is -0.385. The molecule has 8 heteroatoms. The maximum absolute atomic E-state index is 12.4. The van der Waals surface area contributed by atoms with Crippen molar-refractivity contribution >= 4 is 32.4 Å². The van der Waals surface area contributed by atoms with E-state index in [0.717, 1.165) is 15.4 Å². The molecule has 0 saturated carbocycles. The molecule has 0 fully saturated rings. The Kier molecular flexibility index (Phi) is 3.22. The second-order valence-electron chi connectivity index (χ2n) is 4.22.